The first-order valence-electron chi connectivity index (χ1n) is 4.11. The fourth-order valence-electron chi connectivity index (χ4n) is 1.41. The lowest BCUT2D eigenvalue weighted by atomic mass is 10.0. The molecule has 0 aromatic carbocycles. The Hall–Kier alpha value is -0.410. The van der Waals surface area contributed by atoms with Gasteiger partial charge in [-0.3, -0.25) is 9.69 Å². The SMILES string of the molecule is CC(C)N1CC(=O)CC(N)C1. The second-order valence-electron chi connectivity index (χ2n) is 3.53. The summed E-state index contributed by atoms with van der Waals surface area (Å²) in [5.74, 6) is 0.275. The average Bonchev–Trinajstić information content (AvgIpc) is 1.85. The summed E-state index contributed by atoms with van der Waals surface area (Å²) in [6.07, 6.45) is 0.559. The van der Waals surface area contributed by atoms with E-state index in [2.05, 4.69) is 18.7 Å². The minimum absolute atomic E-state index is 0.0543. The molecule has 3 heteroatoms. The molecular formula is C8H16N2O. The fraction of sp³-hybridized carbons (Fsp3) is 0.875. The summed E-state index contributed by atoms with van der Waals surface area (Å²) in [6.45, 7) is 5.63. The fourth-order valence-corrected chi connectivity index (χ4v) is 1.41. The molecule has 1 heterocycles. The molecule has 2 N–H and O–H groups in total. The van der Waals surface area contributed by atoms with Gasteiger partial charge in [-0.15, -0.1) is 0 Å². The molecule has 1 fully saturated rings. The zero-order chi connectivity index (χ0) is 8.43. The maximum absolute atomic E-state index is 11.1. The van der Waals surface area contributed by atoms with Gasteiger partial charge in [0.25, 0.3) is 0 Å². The first kappa shape index (κ1) is 8.68. The Bertz CT molecular complexity index is 156. The predicted molar refractivity (Wildman–Crippen MR) is 44.3 cm³/mol. The Kier molecular flexibility index (Phi) is 2.62. The lowest BCUT2D eigenvalue weighted by Crippen LogP contribution is -2.49. The summed E-state index contributed by atoms with van der Waals surface area (Å²) >= 11 is 0. The largest absolute Gasteiger partial charge is 0.326 e. The van der Waals surface area contributed by atoms with Gasteiger partial charge in [0, 0.05) is 25.0 Å². The standard InChI is InChI=1S/C8H16N2O/c1-6(2)10-4-7(9)3-8(11)5-10/h6-7H,3-5,9H2,1-2H3. The number of nitrogens with zero attached hydrogens (tertiary/aromatic N) is 1. The molecule has 11 heavy (non-hydrogen) atoms. The molecule has 64 valence electrons. The maximum Gasteiger partial charge on any atom is 0.148 e. The molecule has 1 atom stereocenters. The Morgan fingerprint density at radius 1 is 1.64 bits per heavy atom. The van der Waals surface area contributed by atoms with Crippen molar-refractivity contribution in [3.8, 4) is 0 Å². The molecule has 0 amide bonds. The number of Topliss-reactive ketones (excluding diaryl/α,β-unsaturated/α-hetero) is 1. The van der Waals surface area contributed by atoms with E-state index in [4.69, 9.17) is 5.73 Å². The summed E-state index contributed by atoms with van der Waals surface area (Å²) in [4.78, 5) is 13.2. The van der Waals surface area contributed by atoms with E-state index in [-0.39, 0.29) is 11.8 Å². The highest BCUT2D eigenvalue weighted by atomic mass is 16.1. The third-order valence-corrected chi connectivity index (χ3v) is 2.07. The number of likely N-dealkylation sites (tertiary alicyclic amines) is 1. The van der Waals surface area contributed by atoms with Crippen LogP contribution >= 0.6 is 0 Å². The molecule has 3 nitrogen and oxygen atoms in total. The summed E-state index contributed by atoms with van der Waals surface area (Å²) in [5.41, 5.74) is 5.69. The third-order valence-electron chi connectivity index (χ3n) is 2.07. The zero-order valence-electron chi connectivity index (χ0n) is 7.21. The van der Waals surface area contributed by atoms with Crippen molar-refractivity contribution in [3.05, 3.63) is 0 Å². The van der Waals surface area contributed by atoms with Crippen molar-refractivity contribution in [2.45, 2.75) is 32.4 Å². The molecule has 1 aliphatic heterocycles. The van der Waals surface area contributed by atoms with Crippen molar-refractivity contribution < 1.29 is 4.79 Å². The lowest BCUT2D eigenvalue weighted by molar-refractivity contribution is -0.123. The third kappa shape index (κ3) is 2.27. The van der Waals surface area contributed by atoms with Gasteiger partial charge in [0.2, 0.25) is 0 Å². The first-order valence-corrected chi connectivity index (χ1v) is 4.11. The van der Waals surface area contributed by atoms with Crippen molar-refractivity contribution in [1.29, 1.82) is 0 Å². The molecule has 0 bridgehead atoms. The van der Waals surface area contributed by atoms with Crippen molar-refractivity contribution in [2.75, 3.05) is 13.1 Å². The van der Waals surface area contributed by atoms with Crippen molar-refractivity contribution in [1.82, 2.24) is 4.90 Å². The van der Waals surface area contributed by atoms with Gasteiger partial charge in [-0.05, 0) is 13.8 Å². The van der Waals surface area contributed by atoms with E-state index in [0.717, 1.165) is 6.54 Å². The number of hydrogen-bond donors (Lipinski definition) is 1. The number of nitrogens with two attached hydrogens (primary N) is 1. The molecule has 0 radical (unpaired) electrons. The van der Waals surface area contributed by atoms with Gasteiger partial charge in [0.05, 0.1) is 6.54 Å². The van der Waals surface area contributed by atoms with E-state index in [9.17, 15) is 4.79 Å². The Morgan fingerprint density at radius 3 is 2.73 bits per heavy atom. The number of piperidine rings is 1. The normalized spacial score (nSPS) is 28.0. The van der Waals surface area contributed by atoms with Gasteiger partial charge in [0.15, 0.2) is 0 Å². The molecule has 1 rings (SSSR count). The van der Waals surface area contributed by atoms with Crippen LogP contribution in [0.3, 0.4) is 0 Å². The van der Waals surface area contributed by atoms with Crippen LogP contribution in [-0.2, 0) is 4.79 Å². The van der Waals surface area contributed by atoms with Crippen LogP contribution in [0.2, 0.25) is 0 Å². The van der Waals surface area contributed by atoms with Crippen LogP contribution in [0.5, 0.6) is 0 Å². The van der Waals surface area contributed by atoms with Gasteiger partial charge < -0.3 is 5.73 Å². The topological polar surface area (TPSA) is 46.3 Å². The van der Waals surface area contributed by atoms with E-state index in [1.807, 2.05) is 0 Å². The van der Waals surface area contributed by atoms with Crippen LogP contribution in [-0.4, -0.2) is 35.9 Å². The zero-order valence-corrected chi connectivity index (χ0v) is 7.21. The number of ketones is 1. The molecule has 1 unspecified atom stereocenters. The van der Waals surface area contributed by atoms with Crippen LogP contribution < -0.4 is 5.73 Å². The second kappa shape index (κ2) is 3.32. The number of carbonyl (C=O) groups excluding carboxylic acids is 1. The summed E-state index contributed by atoms with van der Waals surface area (Å²) in [6, 6.07) is 0.490. The van der Waals surface area contributed by atoms with E-state index in [1.54, 1.807) is 0 Å². The molecule has 0 spiro atoms. The van der Waals surface area contributed by atoms with Crippen molar-refractivity contribution in [3.63, 3.8) is 0 Å². The van der Waals surface area contributed by atoms with Gasteiger partial charge in [0.1, 0.15) is 5.78 Å². The number of carbonyl (C=O) groups is 1. The van der Waals surface area contributed by atoms with Crippen LogP contribution in [0.1, 0.15) is 20.3 Å². The number of hydrogen-bond acceptors (Lipinski definition) is 3. The molecule has 0 saturated carbocycles. The predicted octanol–water partition coefficient (Wildman–Crippen LogP) is -0.00310. The monoisotopic (exact) mass is 156 g/mol. The minimum Gasteiger partial charge on any atom is -0.326 e. The van der Waals surface area contributed by atoms with Gasteiger partial charge in [-0.2, -0.15) is 0 Å². The van der Waals surface area contributed by atoms with E-state index < -0.39 is 0 Å². The quantitative estimate of drug-likeness (QED) is 0.581. The smallest absolute Gasteiger partial charge is 0.148 e. The van der Waals surface area contributed by atoms with Crippen LogP contribution in [0.25, 0.3) is 0 Å². The summed E-state index contributed by atoms with van der Waals surface area (Å²) in [5, 5.41) is 0. The van der Waals surface area contributed by atoms with Gasteiger partial charge in [-0.1, -0.05) is 0 Å². The van der Waals surface area contributed by atoms with E-state index in [1.165, 1.54) is 0 Å². The average molecular weight is 156 g/mol. The van der Waals surface area contributed by atoms with Gasteiger partial charge >= 0.3 is 0 Å². The van der Waals surface area contributed by atoms with E-state index >= 15 is 0 Å². The molecule has 0 aliphatic carbocycles. The molecule has 0 aromatic heterocycles. The first-order chi connectivity index (χ1) is 5.09. The highest BCUT2D eigenvalue weighted by Gasteiger charge is 2.23. The van der Waals surface area contributed by atoms with Crippen molar-refractivity contribution >= 4 is 5.78 Å². The molecule has 0 aromatic rings. The summed E-state index contributed by atoms with van der Waals surface area (Å²) < 4.78 is 0. The summed E-state index contributed by atoms with van der Waals surface area (Å²) in [7, 11) is 0. The molecule has 1 aliphatic rings. The highest BCUT2D eigenvalue weighted by molar-refractivity contribution is 5.81. The van der Waals surface area contributed by atoms with Crippen LogP contribution in [0, 0.1) is 0 Å². The Balaban J connectivity index is 2.49. The van der Waals surface area contributed by atoms with E-state index in [0.29, 0.717) is 19.0 Å². The van der Waals surface area contributed by atoms with Gasteiger partial charge in [-0.25, -0.2) is 0 Å². The van der Waals surface area contributed by atoms with Crippen molar-refractivity contribution in [2.24, 2.45) is 5.73 Å². The second-order valence-corrected chi connectivity index (χ2v) is 3.53. The Morgan fingerprint density at radius 2 is 2.27 bits per heavy atom. The Labute approximate surface area is 67.5 Å². The van der Waals surface area contributed by atoms with Crippen LogP contribution in [0.15, 0.2) is 0 Å². The number of rotatable bonds is 1. The minimum atomic E-state index is 0.0543. The maximum atomic E-state index is 11.1. The highest BCUT2D eigenvalue weighted by Crippen LogP contribution is 2.08. The molecule has 1 saturated heterocycles. The molecular weight excluding hydrogens is 140 g/mol. The van der Waals surface area contributed by atoms with Crippen LogP contribution in [0.4, 0.5) is 0 Å². The lowest BCUT2D eigenvalue weighted by Gasteiger charge is -2.32.